The van der Waals surface area contributed by atoms with E-state index in [-0.39, 0.29) is 11.5 Å². The Balaban J connectivity index is 2.13. The maximum Gasteiger partial charge on any atom is 0.211 e. The van der Waals surface area contributed by atoms with Gasteiger partial charge in [-0.2, -0.15) is 0 Å². The van der Waals surface area contributed by atoms with Crippen LogP contribution in [0.1, 0.15) is 19.3 Å². The Kier molecular flexibility index (Phi) is 1.94. The van der Waals surface area contributed by atoms with Crippen LogP contribution in [0.5, 0.6) is 0 Å². The average Bonchev–Trinajstić information content (AvgIpc) is 2.75. The van der Waals surface area contributed by atoms with Crippen LogP contribution in [-0.2, 0) is 10.0 Å². The highest BCUT2D eigenvalue weighted by molar-refractivity contribution is 7.88. The summed E-state index contributed by atoms with van der Waals surface area (Å²) in [5.41, 5.74) is 6.10. The second-order valence-electron chi connectivity index (χ2n) is 4.35. The van der Waals surface area contributed by atoms with Gasteiger partial charge in [0.05, 0.1) is 6.26 Å². The third kappa shape index (κ3) is 1.60. The van der Waals surface area contributed by atoms with Crippen molar-refractivity contribution in [1.29, 1.82) is 0 Å². The highest BCUT2D eigenvalue weighted by Gasteiger charge is 2.52. The van der Waals surface area contributed by atoms with E-state index in [1.54, 1.807) is 4.31 Å². The molecule has 1 atom stereocenters. The number of sulfonamides is 1. The van der Waals surface area contributed by atoms with Gasteiger partial charge in [0.2, 0.25) is 10.0 Å². The number of nitrogens with zero attached hydrogens (tertiary/aromatic N) is 1. The molecule has 5 heteroatoms. The molecule has 1 aliphatic carbocycles. The highest BCUT2D eigenvalue weighted by atomic mass is 32.2. The number of nitrogens with two attached hydrogens (primary N) is 1. The summed E-state index contributed by atoms with van der Waals surface area (Å²) in [5, 5.41) is 0. The van der Waals surface area contributed by atoms with Gasteiger partial charge < -0.3 is 5.73 Å². The lowest BCUT2D eigenvalue weighted by atomic mass is 9.91. The van der Waals surface area contributed by atoms with Gasteiger partial charge in [0.1, 0.15) is 0 Å². The minimum atomic E-state index is -3.00. The normalized spacial score (nSPS) is 33.5. The fourth-order valence-electron chi connectivity index (χ4n) is 2.11. The maximum atomic E-state index is 11.3. The molecule has 0 radical (unpaired) electrons. The van der Waals surface area contributed by atoms with E-state index in [4.69, 9.17) is 5.73 Å². The van der Waals surface area contributed by atoms with Gasteiger partial charge in [0, 0.05) is 19.1 Å². The standard InChI is InChI=1S/C8H16N2O2S/c1-13(11,12)10-5-2-7(9)8(6-10)3-4-8/h7H,2-6,9H2,1H3. The summed E-state index contributed by atoms with van der Waals surface area (Å²) in [6.07, 6.45) is 4.29. The molecule has 1 heterocycles. The summed E-state index contributed by atoms with van der Waals surface area (Å²) in [4.78, 5) is 0. The van der Waals surface area contributed by atoms with Gasteiger partial charge in [0.15, 0.2) is 0 Å². The first kappa shape index (κ1) is 9.43. The summed E-state index contributed by atoms with van der Waals surface area (Å²) in [7, 11) is -3.00. The third-order valence-corrected chi connectivity index (χ3v) is 4.58. The Hall–Kier alpha value is -0.130. The van der Waals surface area contributed by atoms with Crippen molar-refractivity contribution in [3.8, 4) is 0 Å². The van der Waals surface area contributed by atoms with Gasteiger partial charge in [0.25, 0.3) is 0 Å². The van der Waals surface area contributed by atoms with Crippen LogP contribution in [0.25, 0.3) is 0 Å². The van der Waals surface area contributed by atoms with Crippen LogP contribution in [0.3, 0.4) is 0 Å². The van der Waals surface area contributed by atoms with Gasteiger partial charge in [-0.05, 0) is 24.7 Å². The molecular weight excluding hydrogens is 188 g/mol. The first-order chi connectivity index (χ1) is 5.94. The van der Waals surface area contributed by atoms with Gasteiger partial charge in [-0.15, -0.1) is 0 Å². The minimum Gasteiger partial charge on any atom is -0.327 e. The molecule has 1 spiro atoms. The van der Waals surface area contributed by atoms with Crippen LogP contribution in [0.4, 0.5) is 0 Å². The molecule has 1 aliphatic heterocycles. The van der Waals surface area contributed by atoms with Crippen molar-refractivity contribution in [2.45, 2.75) is 25.3 Å². The quantitative estimate of drug-likeness (QED) is 0.641. The van der Waals surface area contributed by atoms with E-state index in [0.29, 0.717) is 13.1 Å². The molecule has 0 bridgehead atoms. The number of hydrogen-bond donors (Lipinski definition) is 1. The fraction of sp³-hybridized carbons (Fsp3) is 1.00. The molecule has 2 N–H and O–H groups in total. The molecule has 0 aromatic rings. The molecule has 1 saturated heterocycles. The fourth-order valence-corrected chi connectivity index (χ4v) is 3.04. The summed E-state index contributed by atoms with van der Waals surface area (Å²) in [6.45, 7) is 1.24. The SMILES string of the molecule is CS(=O)(=O)N1CCC(N)C2(CC2)C1. The number of hydrogen-bond acceptors (Lipinski definition) is 3. The van der Waals surface area contributed by atoms with Crippen molar-refractivity contribution in [2.75, 3.05) is 19.3 Å². The van der Waals surface area contributed by atoms with E-state index >= 15 is 0 Å². The van der Waals surface area contributed by atoms with Crippen molar-refractivity contribution in [3.63, 3.8) is 0 Å². The molecule has 2 aliphatic rings. The summed E-state index contributed by atoms with van der Waals surface area (Å²) >= 11 is 0. The summed E-state index contributed by atoms with van der Waals surface area (Å²) in [6, 6.07) is 0.213. The van der Waals surface area contributed by atoms with Crippen LogP contribution in [0.15, 0.2) is 0 Å². The van der Waals surface area contributed by atoms with E-state index in [2.05, 4.69) is 0 Å². The van der Waals surface area contributed by atoms with Crippen LogP contribution in [0, 0.1) is 5.41 Å². The lowest BCUT2D eigenvalue weighted by molar-refractivity contribution is 0.218. The Labute approximate surface area is 79.1 Å². The van der Waals surface area contributed by atoms with E-state index in [9.17, 15) is 8.42 Å². The molecule has 1 saturated carbocycles. The van der Waals surface area contributed by atoms with Crippen LogP contribution in [0.2, 0.25) is 0 Å². The average molecular weight is 204 g/mol. The molecule has 1 unspecified atom stereocenters. The number of piperidine rings is 1. The molecule has 0 aromatic carbocycles. The van der Waals surface area contributed by atoms with E-state index in [1.165, 1.54) is 6.26 Å². The summed E-state index contributed by atoms with van der Waals surface area (Å²) < 4.78 is 24.2. The largest absolute Gasteiger partial charge is 0.327 e. The maximum absolute atomic E-state index is 11.3. The first-order valence-corrected chi connectivity index (χ1v) is 6.50. The second-order valence-corrected chi connectivity index (χ2v) is 6.34. The van der Waals surface area contributed by atoms with E-state index < -0.39 is 10.0 Å². The monoisotopic (exact) mass is 204 g/mol. The third-order valence-electron chi connectivity index (χ3n) is 3.33. The van der Waals surface area contributed by atoms with Crippen LogP contribution >= 0.6 is 0 Å². The van der Waals surface area contributed by atoms with Gasteiger partial charge in [-0.1, -0.05) is 0 Å². The van der Waals surface area contributed by atoms with Crippen molar-refractivity contribution in [2.24, 2.45) is 11.1 Å². The van der Waals surface area contributed by atoms with Crippen molar-refractivity contribution < 1.29 is 8.42 Å². The van der Waals surface area contributed by atoms with Crippen LogP contribution in [-0.4, -0.2) is 38.1 Å². The zero-order chi connectivity index (χ0) is 9.69. The molecule has 13 heavy (non-hydrogen) atoms. The Morgan fingerprint density at radius 2 is 2.08 bits per heavy atom. The zero-order valence-corrected chi connectivity index (χ0v) is 8.68. The smallest absolute Gasteiger partial charge is 0.211 e. The molecule has 0 amide bonds. The first-order valence-electron chi connectivity index (χ1n) is 4.65. The highest BCUT2D eigenvalue weighted by Crippen LogP contribution is 2.51. The lowest BCUT2D eigenvalue weighted by Crippen LogP contribution is -2.50. The zero-order valence-electron chi connectivity index (χ0n) is 7.86. The molecule has 2 rings (SSSR count). The van der Waals surface area contributed by atoms with Crippen LogP contribution < -0.4 is 5.73 Å². The molecular formula is C8H16N2O2S. The van der Waals surface area contributed by atoms with Gasteiger partial charge in [-0.25, -0.2) is 12.7 Å². The Morgan fingerprint density at radius 3 is 2.54 bits per heavy atom. The molecule has 0 aromatic heterocycles. The topological polar surface area (TPSA) is 63.4 Å². The predicted molar refractivity (Wildman–Crippen MR) is 50.7 cm³/mol. The molecule has 76 valence electrons. The second kappa shape index (κ2) is 2.68. The van der Waals surface area contributed by atoms with Gasteiger partial charge in [-0.3, -0.25) is 0 Å². The molecule has 2 fully saturated rings. The van der Waals surface area contributed by atoms with Crippen molar-refractivity contribution in [3.05, 3.63) is 0 Å². The van der Waals surface area contributed by atoms with E-state index in [0.717, 1.165) is 19.3 Å². The predicted octanol–water partition coefficient (Wildman–Crippen LogP) is -0.241. The Bertz CT molecular complexity index is 308. The summed E-state index contributed by atoms with van der Waals surface area (Å²) in [5.74, 6) is 0. The van der Waals surface area contributed by atoms with Gasteiger partial charge >= 0.3 is 0 Å². The molecule has 4 nitrogen and oxygen atoms in total. The van der Waals surface area contributed by atoms with Crippen molar-refractivity contribution >= 4 is 10.0 Å². The minimum absolute atomic E-state index is 0.140. The lowest BCUT2D eigenvalue weighted by Gasteiger charge is -2.35. The Morgan fingerprint density at radius 1 is 1.46 bits per heavy atom. The van der Waals surface area contributed by atoms with Crippen molar-refractivity contribution in [1.82, 2.24) is 4.31 Å². The number of rotatable bonds is 1. The van der Waals surface area contributed by atoms with E-state index in [1.807, 2.05) is 0 Å².